The summed E-state index contributed by atoms with van der Waals surface area (Å²) < 4.78 is 13.2. The summed E-state index contributed by atoms with van der Waals surface area (Å²) in [6.45, 7) is 0. The van der Waals surface area contributed by atoms with Crippen molar-refractivity contribution >= 4 is 65.6 Å². The van der Waals surface area contributed by atoms with E-state index in [-0.39, 0.29) is 0 Å². The maximum Gasteiger partial charge on any atom is 0.214 e. The predicted octanol–water partition coefficient (Wildman–Crippen LogP) is 10.1. The summed E-state index contributed by atoms with van der Waals surface area (Å²) in [5, 5.41) is 7.19. The quantitative estimate of drug-likeness (QED) is 0.192. The molecule has 0 amide bonds. The van der Waals surface area contributed by atoms with Gasteiger partial charge in [0.2, 0.25) is 5.69 Å². The van der Waals surface area contributed by atoms with Gasteiger partial charge in [0.15, 0.2) is 12.4 Å². The Morgan fingerprint density at radius 2 is 0.822 bits per heavy atom. The highest BCUT2D eigenvalue weighted by molar-refractivity contribution is 6.10. The Morgan fingerprint density at radius 1 is 0.400 bits per heavy atom. The average Bonchev–Trinajstić information content (AvgIpc) is 3.75. The SMILES string of the molecule is c1ccc2c(c1)oc1cc[n+](-c3cc(-n4c5ccccc5c5ccccc54)cc(-n4c5ccccc5c5ccccc54)c3)cc12. The van der Waals surface area contributed by atoms with Crippen LogP contribution in [0, 0.1) is 0 Å². The second kappa shape index (κ2) is 9.18. The molecule has 4 heterocycles. The Labute approximate surface area is 258 Å². The van der Waals surface area contributed by atoms with Crippen LogP contribution in [0.25, 0.3) is 82.6 Å². The number of hydrogen-bond acceptors (Lipinski definition) is 1. The van der Waals surface area contributed by atoms with Gasteiger partial charge in [0.05, 0.1) is 38.8 Å². The van der Waals surface area contributed by atoms with Gasteiger partial charge >= 0.3 is 0 Å². The number of benzene rings is 6. The van der Waals surface area contributed by atoms with E-state index in [4.69, 9.17) is 4.42 Å². The molecule has 4 nitrogen and oxygen atoms in total. The van der Waals surface area contributed by atoms with Gasteiger partial charge in [-0.3, -0.25) is 0 Å². The number of furan rings is 1. The number of para-hydroxylation sites is 5. The summed E-state index contributed by atoms with van der Waals surface area (Å²) in [4.78, 5) is 0. The van der Waals surface area contributed by atoms with Crippen LogP contribution in [0.4, 0.5) is 0 Å². The molecule has 0 fully saturated rings. The Balaban J connectivity index is 1.32. The van der Waals surface area contributed by atoms with Gasteiger partial charge in [-0.05, 0) is 36.4 Å². The lowest BCUT2D eigenvalue weighted by Gasteiger charge is -2.14. The monoisotopic (exact) mass is 576 g/mol. The minimum absolute atomic E-state index is 0.883. The highest BCUT2D eigenvalue weighted by atomic mass is 16.3. The third kappa shape index (κ3) is 3.51. The molecule has 0 N–H and O–H groups in total. The fraction of sp³-hybridized carbons (Fsp3) is 0. The molecule has 0 aliphatic rings. The molecule has 45 heavy (non-hydrogen) atoms. The topological polar surface area (TPSA) is 26.9 Å². The van der Waals surface area contributed by atoms with Crippen molar-refractivity contribution in [3.05, 3.63) is 158 Å². The molecule has 0 aliphatic carbocycles. The van der Waals surface area contributed by atoms with Crippen LogP contribution < -0.4 is 4.57 Å². The fourth-order valence-electron chi connectivity index (χ4n) is 7.22. The number of fused-ring (bicyclic) bond motifs is 9. The Bertz CT molecular complexity index is 2540. The van der Waals surface area contributed by atoms with Crippen LogP contribution in [0.1, 0.15) is 0 Å². The molecule has 10 rings (SSSR count). The standard InChI is InChI=1S/C41H26N3O/c1-6-16-36-30(11-1)31-12-2-7-17-37(31)43(36)28-23-27(42-22-21-41-35(26-42)34-15-5-10-20-40(34)45-41)24-29(25-28)44-38-18-8-3-13-32(38)33-14-4-9-19-39(33)44/h1-26H/q+1. The first-order chi connectivity index (χ1) is 22.3. The van der Waals surface area contributed by atoms with E-state index in [9.17, 15) is 0 Å². The van der Waals surface area contributed by atoms with Gasteiger partial charge in [0, 0.05) is 45.1 Å². The van der Waals surface area contributed by atoms with Crippen molar-refractivity contribution in [2.45, 2.75) is 0 Å². The van der Waals surface area contributed by atoms with E-state index >= 15 is 0 Å². The molecule has 210 valence electrons. The molecular weight excluding hydrogens is 550 g/mol. The molecule has 6 aromatic carbocycles. The maximum atomic E-state index is 6.18. The van der Waals surface area contributed by atoms with E-state index in [1.807, 2.05) is 12.1 Å². The van der Waals surface area contributed by atoms with Gasteiger partial charge in [-0.1, -0.05) is 91.0 Å². The average molecular weight is 577 g/mol. The molecule has 0 unspecified atom stereocenters. The lowest BCUT2D eigenvalue weighted by molar-refractivity contribution is -0.594. The van der Waals surface area contributed by atoms with Gasteiger partial charge in [-0.25, -0.2) is 0 Å². The summed E-state index contributed by atoms with van der Waals surface area (Å²) in [5.74, 6) is 0. The maximum absolute atomic E-state index is 6.18. The summed E-state index contributed by atoms with van der Waals surface area (Å²) in [6.07, 6.45) is 4.30. The predicted molar refractivity (Wildman–Crippen MR) is 184 cm³/mol. The summed E-state index contributed by atoms with van der Waals surface area (Å²) >= 11 is 0. The lowest BCUT2D eigenvalue weighted by atomic mass is 10.2. The lowest BCUT2D eigenvalue weighted by Crippen LogP contribution is -2.29. The number of aromatic nitrogens is 3. The molecule has 4 aromatic heterocycles. The van der Waals surface area contributed by atoms with E-state index in [1.54, 1.807) is 0 Å². The van der Waals surface area contributed by atoms with Crippen molar-refractivity contribution in [2.75, 3.05) is 0 Å². The van der Waals surface area contributed by atoms with Crippen molar-refractivity contribution in [3.63, 3.8) is 0 Å². The zero-order valence-corrected chi connectivity index (χ0v) is 24.3. The van der Waals surface area contributed by atoms with E-state index < -0.39 is 0 Å². The van der Waals surface area contributed by atoms with E-state index in [0.717, 1.165) is 39.0 Å². The van der Waals surface area contributed by atoms with E-state index in [2.05, 4.69) is 160 Å². The minimum atomic E-state index is 0.883. The fourth-order valence-corrected chi connectivity index (χ4v) is 7.22. The van der Waals surface area contributed by atoms with Crippen LogP contribution in [0.3, 0.4) is 0 Å². The Morgan fingerprint density at radius 3 is 1.33 bits per heavy atom. The van der Waals surface area contributed by atoms with Gasteiger partial charge in [0.25, 0.3) is 0 Å². The number of nitrogens with zero attached hydrogens (tertiary/aromatic N) is 3. The third-order valence-corrected chi connectivity index (χ3v) is 9.18. The molecule has 0 spiro atoms. The third-order valence-electron chi connectivity index (χ3n) is 9.18. The van der Waals surface area contributed by atoms with Crippen molar-refractivity contribution < 1.29 is 8.98 Å². The molecule has 0 atom stereocenters. The van der Waals surface area contributed by atoms with Gasteiger partial charge in [-0.2, -0.15) is 4.57 Å². The molecule has 0 saturated carbocycles. The van der Waals surface area contributed by atoms with Crippen LogP contribution >= 0.6 is 0 Å². The zero-order valence-electron chi connectivity index (χ0n) is 24.3. The first-order valence-corrected chi connectivity index (χ1v) is 15.3. The molecule has 0 bridgehead atoms. The summed E-state index contributed by atoms with van der Waals surface area (Å²) in [7, 11) is 0. The van der Waals surface area contributed by atoms with Crippen molar-refractivity contribution in [1.29, 1.82) is 0 Å². The van der Waals surface area contributed by atoms with Gasteiger partial charge in [0.1, 0.15) is 11.2 Å². The second-order valence-electron chi connectivity index (χ2n) is 11.7. The van der Waals surface area contributed by atoms with E-state index in [0.29, 0.717) is 0 Å². The highest BCUT2D eigenvalue weighted by Crippen LogP contribution is 2.36. The van der Waals surface area contributed by atoms with Crippen LogP contribution in [-0.4, -0.2) is 9.13 Å². The molecule has 0 saturated heterocycles. The first-order valence-electron chi connectivity index (χ1n) is 15.3. The van der Waals surface area contributed by atoms with Crippen LogP contribution in [0.15, 0.2) is 162 Å². The van der Waals surface area contributed by atoms with Crippen LogP contribution in [0.5, 0.6) is 0 Å². The van der Waals surface area contributed by atoms with E-state index in [1.165, 1.54) is 43.6 Å². The van der Waals surface area contributed by atoms with Crippen LogP contribution in [0.2, 0.25) is 0 Å². The van der Waals surface area contributed by atoms with Gasteiger partial charge < -0.3 is 13.6 Å². The number of rotatable bonds is 3. The molecule has 0 aliphatic heterocycles. The zero-order chi connectivity index (χ0) is 29.5. The van der Waals surface area contributed by atoms with Crippen molar-refractivity contribution in [1.82, 2.24) is 9.13 Å². The molecule has 0 radical (unpaired) electrons. The van der Waals surface area contributed by atoms with Gasteiger partial charge in [-0.15, -0.1) is 0 Å². The normalized spacial score (nSPS) is 12.0. The highest BCUT2D eigenvalue weighted by Gasteiger charge is 2.20. The minimum Gasteiger partial charge on any atom is -0.456 e. The number of pyridine rings is 1. The Hall–Kier alpha value is -6.13. The molecular formula is C41H26N3O+. The number of hydrogen-bond donors (Lipinski definition) is 0. The van der Waals surface area contributed by atoms with Crippen LogP contribution in [-0.2, 0) is 0 Å². The summed E-state index contributed by atoms with van der Waals surface area (Å²) in [6, 6.07) is 52.0. The van der Waals surface area contributed by atoms with Crippen molar-refractivity contribution in [2.24, 2.45) is 0 Å². The molecule has 10 aromatic rings. The van der Waals surface area contributed by atoms with Crippen molar-refractivity contribution in [3.8, 4) is 17.1 Å². The second-order valence-corrected chi connectivity index (χ2v) is 11.7. The Kier molecular flexibility index (Phi) is 4.96. The summed E-state index contributed by atoms with van der Waals surface area (Å²) in [5.41, 5.74) is 9.80. The molecule has 4 heteroatoms. The largest absolute Gasteiger partial charge is 0.456 e. The smallest absolute Gasteiger partial charge is 0.214 e. The first kappa shape index (κ1) is 24.3.